The van der Waals surface area contributed by atoms with Gasteiger partial charge in [-0.05, 0) is 38.5 Å². The van der Waals surface area contributed by atoms with E-state index in [0.717, 1.165) is 34.7 Å². The van der Waals surface area contributed by atoms with Crippen molar-refractivity contribution in [2.75, 3.05) is 11.9 Å². The minimum Gasteiger partial charge on any atom is -0.370 e. The van der Waals surface area contributed by atoms with Crippen LogP contribution in [-0.4, -0.2) is 21.5 Å². The molecule has 0 saturated heterocycles. The Kier molecular flexibility index (Phi) is 4.74. The third kappa shape index (κ3) is 4.21. The Labute approximate surface area is 118 Å². The average Bonchev–Trinajstić information content (AvgIpc) is 2.37. The quantitative estimate of drug-likeness (QED) is 0.670. The van der Waals surface area contributed by atoms with Crippen LogP contribution in [0.15, 0.2) is 29.6 Å². The van der Waals surface area contributed by atoms with Crippen molar-refractivity contribution >= 4 is 17.6 Å². The molecular formula is C14H18N4S. The maximum absolute atomic E-state index is 4.42. The highest BCUT2D eigenvalue weighted by Gasteiger charge is 2.02. The Balaban J connectivity index is 1.98. The lowest BCUT2D eigenvalue weighted by Crippen LogP contribution is -1.99. The predicted octanol–water partition coefficient (Wildman–Crippen LogP) is 3.21. The Morgan fingerprint density at radius 2 is 1.89 bits per heavy atom. The van der Waals surface area contributed by atoms with Gasteiger partial charge in [-0.2, -0.15) is 0 Å². The largest absolute Gasteiger partial charge is 0.370 e. The first-order valence-corrected chi connectivity index (χ1v) is 7.30. The highest BCUT2D eigenvalue weighted by molar-refractivity contribution is 7.98. The van der Waals surface area contributed by atoms with Crippen LogP contribution in [0.1, 0.15) is 23.9 Å². The molecule has 0 aromatic carbocycles. The number of aryl methyl sites for hydroxylation is 2. The van der Waals surface area contributed by atoms with Crippen molar-refractivity contribution in [3.8, 4) is 0 Å². The van der Waals surface area contributed by atoms with E-state index in [-0.39, 0.29) is 0 Å². The van der Waals surface area contributed by atoms with Gasteiger partial charge in [0.2, 0.25) is 0 Å². The van der Waals surface area contributed by atoms with E-state index in [0.29, 0.717) is 0 Å². The SMILES string of the molecule is CCNc1ccc(CSc2nc(C)cc(C)n2)cn1. The molecule has 0 aliphatic heterocycles. The summed E-state index contributed by atoms with van der Waals surface area (Å²) in [6.45, 7) is 6.93. The fraction of sp³-hybridized carbons (Fsp3) is 0.357. The molecular weight excluding hydrogens is 256 g/mol. The third-order valence-electron chi connectivity index (χ3n) is 2.51. The minimum absolute atomic E-state index is 0.827. The molecule has 1 N–H and O–H groups in total. The molecule has 0 unspecified atom stereocenters. The van der Waals surface area contributed by atoms with E-state index in [2.05, 4.69) is 33.3 Å². The Morgan fingerprint density at radius 1 is 1.16 bits per heavy atom. The highest BCUT2D eigenvalue weighted by Crippen LogP contribution is 2.20. The molecule has 5 heteroatoms. The van der Waals surface area contributed by atoms with Gasteiger partial charge in [-0.15, -0.1) is 0 Å². The van der Waals surface area contributed by atoms with Crippen molar-refractivity contribution in [3.63, 3.8) is 0 Å². The number of thioether (sulfide) groups is 1. The normalized spacial score (nSPS) is 10.5. The van der Waals surface area contributed by atoms with Gasteiger partial charge in [0.05, 0.1) is 0 Å². The van der Waals surface area contributed by atoms with Gasteiger partial charge in [-0.1, -0.05) is 17.8 Å². The van der Waals surface area contributed by atoms with Gasteiger partial charge in [0, 0.05) is 29.9 Å². The molecule has 0 fully saturated rings. The maximum Gasteiger partial charge on any atom is 0.188 e. The summed E-state index contributed by atoms with van der Waals surface area (Å²) in [5.41, 5.74) is 3.20. The number of nitrogens with zero attached hydrogens (tertiary/aromatic N) is 3. The van der Waals surface area contributed by atoms with E-state index in [4.69, 9.17) is 0 Å². The first-order chi connectivity index (χ1) is 9.17. The molecule has 0 spiro atoms. The van der Waals surface area contributed by atoms with E-state index in [1.165, 1.54) is 5.56 Å². The number of nitrogens with one attached hydrogen (secondary N) is 1. The molecule has 4 nitrogen and oxygen atoms in total. The predicted molar refractivity (Wildman–Crippen MR) is 79.5 cm³/mol. The number of rotatable bonds is 5. The van der Waals surface area contributed by atoms with Crippen molar-refractivity contribution in [2.45, 2.75) is 31.7 Å². The van der Waals surface area contributed by atoms with E-state index in [1.807, 2.05) is 32.2 Å². The summed E-state index contributed by atoms with van der Waals surface area (Å²) in [7, 11) is 0. The first-order valence-electron chi connectivity index (χ1n) is 6.31. The van der Waals surface area contributed by atoms with Gasteiger partial charge in [0.15, 0.2) is 5.16 Å². The third-order valence-corrected chi connectivity index (χ3v) is 3.43. The number of hydrogen-bond donors (Lipinski definition) is 1. The van der Waals surface area contributed by atoms with Gasteiger partial charge in [-0.25, -0.2) is 15.0 Å². The lowest BCUT2D eigenvalue weighted by molar-refractivity contribution is 0.901. The maximum atomic E-state index is 4.42. The molecule has 0 aliphatic carbocycles. The minimum atomic E-state index is 0.827. The van der Waals surface area contributed by atoms with Crippen LogP contribution in [-0.2, 0) is 5.75 Å². The summed E-state index contributed by atoms with van der Waals surface area (Å²) >= 11 is 1.64. The molecule has 0 bridgehead atoms. The van der Waals surface area contributed by atoms with Crippen LogP contribution in [0.25, 0.3) is 0 Å². The van der Waals surface area contributed by atoms with Crippen molar-refractivity contribution in [1.82, 2.24) is 15.0 Å². The summed E-state index contributed by atoms with van der Waals surface area (Å²) in [5.74, 6) is 1.75. The van der Waals surface area contributed by atoms with Gasteiger partial charge in [0.25, 0.3) is 0 Å². The molecule has 2 aromatic rings. The Morgan fingerprint density at radius 3 is 2.47 bits per heavy atom. The zero-order valence-electron chi connectivity index (χ0n) is 11.5. The van der Waals surface area contributed by atoms with Gasteiger partial charge in [0.1, 0.15) is 5.82 Å². The number of anilines is 1. The second-order valence-corrected chi connectivity index (χ2v) is 5.25. The lowest BCUT2D eigenvalue weighted by Gasteiger charge is -2.05. The van der Waals surface area contributed by atoms with E-state index < -0.39 is 0 Å². The first kappa shape index (κ1) is 13.8. The molecule has 0 atom stereocenters. The summed E-state index contributed by atoms with van der Waals surface area (Å²) < 4.78 is 0. The molecule has 2 heterocycles. The smallest absolute Gasteiger partial charge is 0.188 e. The summed E-state index contributed by atoms with van der Waals surface area (Å²) in [6.07, 6.45) is 1.90. The second kappa shape index (κ2) is 6.52. The van der Waals surface area contributed by atoms with Crippen LogP contribution in [0.3, 0.4) is 0 Å². The monoisotopic (exact) mass is 274 g/mol. The van der Waals surface area contributed by atoms with E-state index in [9.17, 15) is 0 Å². The molecule has 100 valence electrons. The van der Waals surface area contributed by atoms with E-state index >= 15 is 0 Å². The summed E-state index contributed by atoms with van der Waals surface area (Å²) in [5, 5.41) is 4.01. The molecule has 2 aromatic heterocycles. The van der Waals surface area contributed by atoms with Crippen LogP contribution in [0.2, 0.25) is 0 Å². The Hall–Kier alpha value is -1.62. The van der Waals surface area contributed by atoms with Crippen LogP contribution in [0, 0.1) is 13.8 Å². The number of hydrogen-bond acceptors (Lipinski definition) is 5. The van der Waals surface area contributed by atoms with Gasteiger partial charge < -0.3 is 5.32 Å². The molecule has 0 amide bonds. The van der Waals surface area contributed by atoms with Crippen molar-refractivity contribution < 1.29 is 0 Å². The Bertz CT molecular complexity index is 519. The lowest BCUT2D eigenvalue weighted by atomic mass is 10.3. The fourth-order valence-electron chi connectivity index (χ4n) is 1.70. The molecule has 0 radical (unpaired) electrons. The molecule has 19 heavy (non-hydrogen) atoms. The van der Waals surface area contributed by atoms with Crippen molar-refractivity contribution in [2.24, 2.45) is 0 Å². The van der Waals surface area contributed by atoms with Crippen molar-refractivity contribution in [3.05, 3.63) is 41.3 Å². The zero-order chi connectivity index (χ0) is 13.7. The molecule has 0 saturated carbocycles. The number of pyridine rings is 1. The van der Waals surface area contributed by atoms with E-state index in [1.54, 1.807) is 11.8 Å². The van der Waals surface area contributed by atoms with Crippen molar-refractivity contribution in [1.29, 1.82) is 0 Å². The highest BCUT2D eigenvalue weighted by atomic mass is 32.2. The number of aromatic nitrogens is 3. The zero-order valence-corrected chi connectivity index (χ0v) is 12.3. The molecule has 2 rings (SSSR count). The van der Waals surface area contributed by atoms with Crippen LogP contribution >= 0.6 is 11.8 Å². The summed E-state index contributed by atoms with van der Waals surface area (Å²) in [4.78, 5) is 13.2. The molecule has 0 aliphatic rings. The van der Waals surface area contributed by atoms with Crippen LogP contribution in [0.4, 0.5) is 5.82 Å². The van der Waals surface area contributed by atoms with Crippen LogP contribution in [0.5, 0.6) is 0 Å². The standard InChI is InChI=1S/C14H18N4S/c1-4-15-13-6-5-12(8-16-13)9-19-14-17-10(2)7-11(3)18-14/h5-8H,4,9H2,1-3H3,(H,15,16). The topological polar surface area (TPSA) is 50.7 Å². The summed E-state index contributed by atoms with van der Waals surface area (Å²) in [6, 6.07) is 6.07. The van der Waals surface area contributed by atoms with Gasteiger partial charge >= 0.3 is 0 Å². The van der Waals surface area contributed by atoms with Gasteiger partial charge in [-0.3, -0.25) is 0 Å². The second-order valence-electron chi connectivity index (χ2n) is 4.30. The fourth-order valence-corrected chi connectivity index (χ4v) is 2.59. The average molecular weight is 274 g/mol. The van der Waals surface area contributed by atoms with Crippen LogP contribution < -0.4 is 5.32 Å².